The van der Waals surface area contributed by atoms with Crippen molar-refractivity contribution in [3.63, 3.8) is 0 Å². The topological polar surface area (TPSA) is 143 Å². The zero-order chi connectivity index (χ0) is 36.4. The first-order valence-electron chi connectivity index (χ1n) is 16.3. The maximum atomic E-state index is 15.3. The van der Waals surface area contributed by atoms with Crippen LogP contribution >= 0.6 is 11.6 Å². The number of amides is 3. The van der Waals surface area contributed by atoms with Crippen LogP contribution < -0.4 is 10.2 Å². The number of fused-ring (bicyclic) bond motifs is 1. The highest BCUT2D eigenvalue weighted by Crippen LogP contribution is 2.37. The van der Waals surface area contributed by atoms with E-state index in [0.29, 0.717) is 42.0 Å². The SMILES string of the molecule is CN1CCN(c2cccc3c2CCN(C(=O)C=Cc2c(-n4cnnn4)ccc(Cl)c2F)C3C(=O)Nc2ccc(C(=O)OC(C)(C)C)cc2)C(=O)C1. The Labute approximate surface area is 298 Å². The number of carbonyl (C=O) groups is 4. The molecule has 3 heterocycles. The molecule has 1 atom stereocenters. The summed E-state index contributed by atoms with van der Waals surface area (Å²) in [6.45, 7) is 6.86. The van der Waals surface area contributed by atoms with Gasteiger partial charge in [0.2, 0.25) is 11.8 Å². The number of aromatic nitrogens is 4. The number of nitrogens with zero attached hydrogens (tertiary/aromatic N) is 7. The number of tetrazole rings is 1. The molecule has 6 rings (SSSR count). The molecule has 4 aromatic rings. The Morgan fingerprint density at radius 3 is 2.47 bits per heavy atom. The van der Waals surface area contributed by atoms with Crippen molar-refractivity contribution in [2.75, 3.05) is 43.4 Å². The van der Waals surface area contributed by atoms with Gasteiger partial charge in [0.05, 0.1) is 22.8 Å². The maximum Gasteiger partial charge on any atom is 0.338 e. The van der Waals surface area contributed by atoms with Crippen LogP contribution in [0.25, 0.3) is 11.8 Å². The van der Waals surface area contributed by atoms with Gasteiger partial charge < -0.3 is 19.9 Å². The molecule has 15 heteroatoms. The van der Waals surface area contributed by atoms with E-state index < -0.39 is 35.2 Å². The normalized spacial score (nSPS) is 16.7. The van der Waals surface area contributed by atoms with Crippen molar-refractivity contribution in [3.05, 3.63) is 100 Å². The van der Waals surface area contributed by atoms with E-state index in [2.05, 4.69) is 20.8 Å². The second-order valence-electron chi connectivity index (χ2n) is 13.3. The average Bonchev–Trinajstić information content (AvgIpc) is 3.62. The number of benzene rings is 3. The molecule has 13 nitrogen and oxygen atoms in total. The molecule has 1 fully saturated rings. The van der Waals surface area contributed by atoms with E-state index >= 15 is 4.39 Å². The lowest BCUT2D eigenvalue weighted by Crippen LogP contribution is -2.50. The van der Waals surface area contributed by atoms with Gasteiger partial charge in [0, 0.05) is 42.6 Å². The van der Waals surface area contributed by atoms with E-state index in [1.807, 2.05) is 18.0 Å². The average molecular weight is 715 g/mol. The molecule has 3 amide bonds. The first-order valence-corrected chi connectivity index (χ1v) is 16.6. The number of halogens is 2. The molecule has 264 valence electrons. The molecule has 0 spiro atoms. The zero-order valence-corrected chi connectivity index (χ0v) is 29.2. The van der Waals surface area contributed by atoms with Crippen LogP contribution in [0.3, 0.4) is 0 Å². The molecule has 1 saturated heterocycles. The largest absolute Gasteiger partial charge is 0.456 e. The second kappa shape index (κ2) is 14.4. The Balaban J connectivity index is 1.34. The summed E-state index contributed by atoms with van der Waals surface area (Å²) in [7, 11) is 1.88. The van der Waals surface area contributed by atoms with E-state index in [1.165, 1.54) is 40.2 Å². The fraction of sp³-hybridized carbons (Fsp3) is 0.306. The summed E-state index contributed by atoms with van der Waals surface area (Å²) in [6, 6.07) is 13.4. The Morgan fingerprint density at radius 1 is 1.02 bits per heavy atom. The minimum Gasteiger partial charge on any atom is -0.456 e. The molecule has 1 aromatic heterocycles. The number of nitrogens with one attached hydrogen (secondary N) is 1. The molecular formula is C36H36ClFN8O5. The van der Waals surface area contributed by atoms with Crippen molar-refractivity contribution >= 4 is 52.7 Å². The molecule has 51 heavy (non-hydrogen) atoms. The standard InChI is InChI=1S/C36H36ClFN8O5/c1-36(2,3)51-35(50)22-8-10-23(11-9-22)40-34(49)33-25-6-5-7-28(44-19-18-43(4)20-31(44)48)24(25)16-17-45(33)30(47)15-12-26-29(46-21-39-41-42-46)14-13-27(37)32(26)38/h5-15,21,33H,16-20H2,1-4H3,(H,40,49). The first kappa shape index (κ1) is 35.4. The van der Waals surface area contributed by atoms with Gasteiger partial charge in [-0.05, 0) is 104 Å². The molecule has 2 aliphatic heterocycles. The summed E-state index contributed by atoms with van der Waals surface area (Å²) in [5.74, 6) is -2.43. The number of piperazine rings is 1. The summed E-state index contributed by atoms with van der Waals surface area (Å²) < 4.78 is 22.0. The van der Waals surface area contributed by atoms with Crippen molar-refractivity contribution in [2.24, 2.45) is 0 Å². The van der Waals surface area contributed by atoms with Crippen molar-refractivity contribution in [1.29, 1.82) is 0 Å². The molecule has 2 aliphatic rings. The van der Waals surface area contributed by atoms with Crippen LogP contribution in [0.15, 0.2) is 67.0 Å². The van der Waals surface area contributed by atoms with E-state index in [0.717, 1.165) is 5.56 Å². The van der Waals surface area contributed by atoms with Crippen molar-refractivity contribution in [3.8, 4) is 5.69 Å². The van der Waals surface area contributed by atoms with Crippen molar-refractivity contribution in [2.45, 2.75) is 38.8 Å². The lowest BCUT2D eigenvalue weighted by atomic mass is 9.89. The number of esters is 1. The van der Waals surface area contributed by atoms with E-state index in [4.69, 9.17) is 16.3 Å². The quantitative estimate of drug-likeness (QED) is 0.217. The monoisotopic (exact) mass is 714 g/mol. The molecule has 0 saturated carbocycles. The number of carbonyl (C=O) groups excluding carboxylic acids is 4. The van der Waals surface area contributed by atoms with Gasteiger partial charge >= 0.3 is 5.97 Å². The van der Waals surface area contributed by atoms with Crippen molar-refractivity contribution < 1.29 is 28.3 Å². The summed E-state index contributed by atoms with van der Waals surface area (Å²) in [5.41, 5.74) is 2.28. The van der Waals surface area contributed by atoms with Gasteiger partial charge in [-0.25, -0.2) is 9.18 Å². The Kier molecular flexibility index (Phi) is 9.99. The second-order valence-corrected chi connectivity index (χ2v) is 13.7. The number of hydrogen-bond donors (Lipinski definition) is 1. The number of likely N-dealkylation sites (N-methyl/N-ethyl adjacent to an activating group) is 1. The molecule has 3 aromatic carbocycles. The highest BCUT2D eigenvalue weighted by Gasteiger charge is 2.38. The van der Waals surface area contributed by atoms with E-state index in [-0.39, 0.29) is 35.3 Å². The lowest BCUT2D eigenvalue weighted by Gasteiger charge is -2.39. The fourth-order valence-electron chi connectivity index (χ4n) is 6.14. The van der Waals surface area contributed by atoms with Gasteiger partial charge in [0.1, 0.15) is 18.0 Å². The van der Waals surface area contributed by atoms with Crippen LogP contribution in [0.2, 0.25) is 5.02 Å². The Morgan fingerprint density at radius 2 is 1.78 bits per heavy atom. The number of hydrogen-bond acceptors (Lipinski definition) is 9. The number of rotatable bonds is 7. The van der Waals surface area contributed by atoms with Gasteiger partial charge in [-0.3, -0.25) is 19.3 Å². The maximum absolute atomic E-state index is 15.3. The van der Waals surface area contributed by atoms with Gasteiger partial charge in [-0.2, -0.15) is 4.68 Å². The third-order valence-electron chi connectivity index (χ3n) is 8.52. The molecule has 1 unspecified atom stereocenters. The van der Waals surface area contributed by atoms with Crippen LogP contribution in [-0.4, -0.2) is 92.5 Å². The zero-order valence-electron chi connectivity index (χ0n) is 28.5. The molecular weight excluding hydrogens is 679 g/mol. The highest BCUT2D eigenvalue weighted by atomic mass is 35.5. The third kappa shape index (κ3) is 7.66. The molecule has 0 bridgehead atoms. The fourth-order valence-corrected chi connectivity index (χ4v) is 6.31. The molecule has 0 radical (unpaired) electrons. The van der Waals surface area contributed by atoms with Crippen LogP contribution in [0.5, 0.6) is 0 Å². The molecule has 0 aliphatic carbocycles. The lowest BCUT2D eigenvalue weighted by molar-refractivity contribution is -0.135. The van der Waals surface area contributed by atoms with Gasteiger partial charge in [0.25, 0.3) is 5.91 Å². The van der Waals surface area contributed by atoms with Crippen LogP contribution in [0, 0.1) is 5.82 Å². The van der Waals surface area contributed by atoms with Crippen molar-refractivity contribution in [1.82, 2.24) is 30.0 Å². The van der Waals surface area contributed by atoms with Crippen LogP contribution in [-0.2, 0) is 25.5 Å². The van der Waals surface area contributed by atoms with Gasteiger partial charge in [-0.15, -0.1) is 5.10 Å². The van der Waals surface area contributed by atoms with E-state index in [9.17, 15) is 19.2 Å². The summed E-state index contributed by atoms with van der Waals surface area (Å²) >= 11 is 6.09. The smallest absolute Gasteiger partial charge is 0.338 e. The minimum atomic E-state index is -1.12. The van der Waals surface area contributed by atoms with Crippen LogP contribution in [0.1, 0.15) is 53.9 Å². The van der Waals surface area contributed by atoms with Crippen LogP contribution in [0.4, 0.5) is 15.8 Å². The summed E-state index contributed by atoms with van der Waals surface area (Å²) in [5, 5.41) is 13.8. The molecule has 1 N–H and O–H groups in total. The Hall–Kier alpha value is -5.47. The van der Waals surface area contributed by atoms with E-state index in [1.54, 1.807) is 62.1 Å². The van der Waals surface area contributed by atoms with Gasteiger partial charge in [-0.1, -0.05) is 23.7 Å². The summed E-state index contributed by atoms with van der Waals surface area (Å²) in [6.07, 6.45) is 4.10. The number of ether oxygens (including phenoxy) is 1. The third-order valence-corrected chi connectivity index (χ3v) is 8.81. The predicted octanol–water partition coefficient (Wildman–Crippen LogP) is 4.47. The Bertz CT molecular complexity index is 2010. The predicted molar refractivity (Wildman–Crippen MR) is 188 cm³/mol. The number of anilines is 2. The summed E-state index contributed by atoms with van der Waals surface area (Å²) in [4.78, 5) is 58.9. The first-order chi connectivity index (χ1) is 24.3. The minimum absolute atomic E-state index is 0.0255. The highest BCUT2D eigenvalue weighted by molar-refractivity contribution is 6.31. The van der Waals surface area contributed by atoms with Gasteiger partial charge in [0.15, 0.2) is 5.82 Å².